The summed E-state index contributed by atoms with van der Waals surface area (Å²) in [5.74, 6) is 0.0459. The van der Waals surface area contributed by atoms with E-state index < -0.39 is 5.60 Å². The Hall–Kier alpha value is -4.60. The highest BCUT2D eigenvalue weighted by atomic mass is 16.6. The summed E-state index contributed by atoms with van der Waals surface area (Å²) in [4.78, 5) is 46.9. The van der Waals surface area contributed by atoms with Crippen LogP contribution in [-0.4, -0.2) is 68.6 Å². The minimum atomic E-state index is -0.539. The molecule has 1 aromatic carbocycles. The molecular weight excluding hydrogens is 482 g/mol. The van der Waals surface area contributed by atoms with Gasteiger partial charge in [-0.2, -0.15) is 0 Å². The van der Waals surface area contributed by atoms with Crippen molar-refractivity contribution in [3.05, 3.63) is 72.9 Å². The van der Waals surface area contributed by atoms with Crippen molar-refractivity contribution in [3.63, 3.8) is 0 Å². The second-order valence-electron chi connectivity index (χ2n) is 9.98. The summed E-state index contributed by atoms with van der Waals surface area (Å²) < 4.78 is 5.49. The molecule has 0 saturated carbocycles. The van der Waals surface area contributed by atoms with E-state index in [0.717, 1.165) is 22.2 Å². The lowest BCUT2D eigenvalue weighted by atomic mass is 10.1. The van der Waals surface area contributed by atoms with Gasteiger partial charge in [-0.15, -0.1) is 0 Å². The zero-order valence-electron chi connectivity index (χ0n) is 21.6. The quantitative estimate of drug-likeness (QED) is 0.429. The van der Waals surface area contributed by atoms with Crippen LogP contribution in [0.15, 0.2) is 67.3 Å². The Morgan fingerprint density at radius 2 is 1.74 bits per heavy atom. The maximum atomic E-state index is 13.2. The first-order chi connectivity index (χ1) is 18.3. The Balaban J connectivity index is 1.29. The number of anilines is 2. The normalized spacial score (nSPS) is 13.9. The molecule has 10 heteroatoms. The van der Waals surface area contributed by atoms with Crippen LogP contribution in [-0.2, 0) is 4.74 Å². The van der Waals surface area contributed by atoms with Crippen LogP contribution < -0.4 is 10.2 Å². The lowest BCUT2D eigenvalue weighted by Gasteiger charge is -2.37. The summed E-state index contributed by atoms with van der Waals surface area (Å²) in [6.07, 6.45) is 6.24. The van der Waals surface area contributed by atoms with E-state index in [4.69, 9.17) is 4.74 Å². The van der Waals surface area contributed by atoms with E-state index in [1.807, 2.05) is 57.2 Å². The van der Waals surface area contributed by atoms with Crippen LogP contribution in [0, 0.1) is 0 Å². The van der Waals surface area contributed by atoms with E-state index >= 15 is 0 Å². The molecule has 0 atom stereocenters. The SMILES string of the molecule is CC(C)(C)OC(=O)N1CCN(c2ccncc2NC(=O)c2ccnc(-c3cnc4ccccc4c3)n2)CC1. The summed E-state index contributed by atoms with van der Waals surface area (Å²) in [7, 11) is 0. The van der Waals surface area contributed by atoms with Crippen molar-refractivity contribution in [2.45, 2.75) is 26.4 Å². The van der Waals surface area contributed by atoms with Gasteiger partial charge >= 0.3 is 6.09 Å². The van der Waals surface area contributed by atoms with Crippen LogP contribution in [0.4, 0.5) is 16.2 Å². The number of fused-ring (bicyclic) bond motifs is 1. The molecule has 1 saturated heterocycles. The molecule has 1 aliphatic rings. The molecule has 1 aliphatic heterocycles. The van der Waals surface area contributed by atoms with Gasteiger partial charge in [0.25, 0.3) is 5.91 Å². The van der Waals surface area contributed by atoms with E-state index in [2.05, 4.69) is 30.2 Å². The molecule has 10 nitrogen and oxygen atoms in total. The fourth-order valence-electron chi connectivity index (χ4n) is 4.22. The molecule has 0 aliphatic carbocycles. The largest absolute Gasteiger partial charge is 0.444 e. The third-order valence-corrected chi connectivity index (χ3v) is 6.06. The highest BCUT2D eigenvalue weighted by molar-refractivity contribution is 6.04. The molecular formula is C28H29N7O3. The third kappa shape index (κ3) is 5.69. The molecule has 2 amide bonds. The molecule has 4 heterocycles. The van der Waals surface area contributed by atoms with Crippen molar-refractivity contribution < 1.29 is 14.3 Å². The Bertz CT molecular complexity index is 1480. The number of amides is 2. The van der Waals surface area contributed by atoms with Gasteiger partial charge in [0.15, 0.2) is 5.82 Å². The van der Waals surface area contributed by atoms with Gasteiger partial charge in [-0.05, 0) is 45.0 Å². The molecule has 0 unspecified atom stereocenters. The average molecular weight is 512 g/mol. The van der Waals surface area contributed by atoms with Gasteiger partial charge in [0.05, 0.1) is 23.1 Å². The fraction of sp³-hybridized carbons (Fsp3) is 0.286. The molecule has 1 fully saturated rings. The average Bonchev–Trinajstić information content (AvgIpc) is 2.92. The Morgan fingerprint density at radius 1 is 0.947 bits per heavy atom. The Labute approximate surface area is 220 Å². The molecule has 0 spiro atoms. The van der Waals surface area contributed by atoms with Gasteiger partial charge in [-0.25, -0.2) is 14.8 Å². The van der Waals surface area contributed by atoms with Gasteiger partial charge in [0.2, 0.25) is 0 Å². The Morgan fingerprint density at radius 3 is 2.53 bits per heavy atom. The molecule has 194 valence electrons. The van der Waals surface area contributed by atoms with Gasteiger partial charge in [0.1, 0.15) is 11.3 Å². The van der Waals surface area contributed by atoms with E-state index in [1.54, 1.807) is 35.8 Å². The molecule has 0 bridgehead atoms. The summed E-state index contributed by atoms with van der Waals surface area (Å²) in [5.41, 5.74) is 2.68. The summed E-state index contributed by atoms with van der Waals surface area (Å²) >= 11 is 0. The number of hydrogen-bond acceptors (Lipinski definition) is 8. The summed E-state index contributed by atoms with van der Waals surface area (Å²) in [6, 6.07) is 13.2. The standard InChI is InChI=1S/C28H29N7O3/c1-28(2,3)38-27(37)35-14-12-34(13-15-35)24-9-10-29-18-23(24)33-26(36)22-8-11-30-25(32-22)20-16-19-6-4-5-7-21(19)31-17-20/h4-11,16-18H,12-15H2,1-3H3,(H,33,36). The van der Waals surface area contributed by atoms with Crippen molar-refractivity contribution >= 4 is 34.3 Å². The molecule has 0 radical (unpaired) electrons. The predicted molar refractivity (Wildman–Crippen MR) is 145 cm³/mol. The zero-order valence-corrected chi connectivity index (χ0v) is 21.6. The number of nitrogens with zero attached hydrogens (tertiary/aromatic N) is 6. The van der Waals surface area contributed by atoms with Crippen LogP contribution in [0.25, 0.3) is 22.3 Å². The number of piperazine rings is 1. The Kier molecular flexibility index (Phi) is 6.87. The third-order valence-electron chi connectivity index (χ3n) is 6.06. The fourth-order valence-corrected chi connectivity index (χ4v) is 4.22. The number of benzene rings is 1. The summed E-state index contributed by atoms with van der Waals surface area (Å²) in [5, 5.41) is 3.91. The lowest BCUT2D eigenvalue weighted by Crippen LogP contribution is -2.50. The molecule has 38 heavy (non-hydrogen) atoms. The number of carbonyl (C=O) groups is 2. The number of para-hydroxylation sites is 1. The van der Waals surface area contributed by atoms with Crippen LogP contribution in [0.1, 0.15) is 31.3 Å². The minimum Gasteiger partial charge on any atom is -0.444 e. The molecule has 1 N–H and O–H groups in total. The van der Waals surface area contributed by atoms with E-state index in [0.29, 0.717) is 37.7 Å². The monoisotopic (exact) mass is 511 g/mol. The molecule has 5 rings (SSSR count). The van der Waals surface area contributed by atoms with Crippen LogP contribution in [0.5, 0.6) is 0 Å². The lowest BCUT2D eigenvalue weighted by molar-refractivity contribution is 0.0240. The van der Waals surface area contributed by atoms with Gasteiger partial charge < -0.3 is 19.9 Å². The summed E-state index contributed by atoms with van der Waals surface area (Å²) in [6.45, 7) is 7.78. The zero-order chi connectivity index (χ0) is 26.7. The topological polar surface area (TPSA) is 113 Å². The van der Waals surface area contributed by atoms with Gasteiger partial charge in [0, 0.05) is 55.7 Å². The van der Waals surface area contributed by atoms with Crippen molar-refractivity contribution in [2.24, 2.45) is 0 Å². The van der Waals surface area contributed by atoms with Crippen molar-refractivity contribution in [1.29, 1.82) is 0 Å². The number of nitrogens with one attached hydrogen (secondary N) is 1. The minimum absolute atomic E-state index is 0.229. The van der Waals surface area contributed by atoms with Crippen LogP contribution in [0.3, 0.4) is 0 Å². The van der Waals surface area contributed by atoms with Crippen molar-refractivity contribution in [3.8, 4) is 11.4 Å². The predicted octanol–water partition coefficient (Wildman–Crippen LogP) is 4.40. The van der Waals surface area contributed by atoms with E-state index in [9.17, 15) is 9.59 Å². The number of hydrogen-bond donors (Lipinski definition) is 1. The first-order valence-electron chi connectivity index (χ1n) is 12.4. The maximum absolute atomic E-state index is 13.2. The second kappa shape index (κ2) is 10.4. The van der Waals surface area contributed by atoms with Crippen LogP contribution in [0.2, 0.25) is 0 Å². The number of pyridine rings is 2. The van der Waals surface area contributed by atoms with Crippen molar-refractivity contribution in [2.75, 3.05) is 36.4 Å². The van der Waals surface area contributed by atoms with E-state index in [1.165, 1.54) is 0 Å². The van der Waals surface area contributed by atoms with Crippen LogP contribution >= 0.6 is 0 Å². The van der Waals surface area contributed by atoms with Gasteiger partial charge in [-0.3, -0.25) is 14.8 Å². The number of aromatic nitrogens is 4. The number of carbonyl (C=O) groups excluding carboxylic acids is 2. The smallest absolute Gasteiger partial charge is 0.410 e. The van der Waals surface area contributed by atoms with Gasteiger partial charge in [-0.1, -0.05) is 18.2 Å². The highest BCUT2D eigenvalue weighted by Crippen LogP contribution is 2.27. The van der Waals surface area contributed by atoms with E-state index in [-0.39, 0.29) is 17.7 Å². The second-order valence-corrected chi connectivity index (χ2v) is 9.98. The number of ether oxygens (including phenoxy) is 1. The molecule has 3 aromatic heterocycles. The first-order valence-corrected chi connectivity index (χ1v) is 12.4. The highest BCUT2D eigenvalue weighted by Gasteiger charge is 2.27. The van der Waals surface area contributed by atoms with Crippen molar-refractivity contribution in [1.82, 2.24) is 24.8 Å². The maximum Gasteiger partial charge on any atom is 0.410 e. The molecule has 4 aromatic rings. The number of rotatable bonds is 4. The first kappa shape index (κ1) is 25.1.